The highest BCUT2D eigenvalue weighted by atomic mass is 32.2. The lowest BCUT2D eigenvalue weighted by atomic mass is 9.79. The van der Waals surface area contributed by atoms with E-state index in [-0.39, 0.29) is 17.6 Å². The Labute approximate surface area is 182 Å². The molecule has 5 rings (SSSR count). The molecular formula is C20H22F3N3O3S2. The largest absolute Gasteiger partial charge is 0.516 e. The Bertz CT molecular complexity index is 1060. The van der Waals surface area contributed by atoms with E-state index in [1.165, 1.54) is 40.3 Å². The average molecular weight is 474 g/mol. The van der Waals surface area contributed by atoms with Crippen LogP contribution < -0.4 is 10.0 Å². The number of amides is 1. The van der Waals surface area contributed by atoms with E-state index in [9.17, 15) is 26.4 Å². The molecule has 2 N–H and O–H groups in total. The Morgan fingerprint density at radius 1 is 1.10 bits per heavy atom. The van der Waals surface area contributed by atoms with Gasteiger partial charge in [0.1, 0.15) is 0 Å². The lowest BCUT2D eigenvalue weighted by Crippen LogP contribution is -2.62. The van der Waals surface area contributed by atoms with E-state index in [4.69, 9.17) is 0 Å². The first-order valence-electron chi connectivity index (χ1n) is 9.89. The van der Waals surface area contributed by atoms with Crippen LogP contribution in [0.15, 0.2) is 36.4 Å². The molecule has 3 fully saturated rings. The van der Waals surface area contributed by atoms with E-state index in [1.54, 1.807) is 12.1 Å². The number of sulfonamides is 1. The van der Waals surface area contributed by atoms with Crippen LogP contribution in [0.4, 0.5) is 18.9 Å². The summed E-state index contributed by atoms with van der Waals surface area (Å²) in [6.45, 7) is 4.30. The van der Waals surface area contributed by atoms with Crippen LogP contribution in [-0.4, -0.2) is 49.9 Å². The first-order valence-corrected chi connectivity index (χ1v) is 12.2. The van der Waals surface area contributed by atoms with Crippen molar-refractivity contribution in [2.24, 2.45) is 5.92 Å². The van der Waals surface area contributed by atoms with Gasteiger partial charge >= 0.3 is 15.5 Å². The van der Waals surface area contributed by atoms with Gasteiger partial charge in [0, 0.05) is 22.6 Å². The quantitative estimate of drug-likeness (QED) is 0.691. The SMILES string of the molecule is C[C@@H]1[C@H](NC(=O)c2ccc(-c3ccc(NS(=O)(=O)C(F)(F)F)cc3)s2)C2CCN1CC2. The lowest BCUT2D eigenvalue weighted by Gasteiger charge is -2.49. The molecule has 0 radical (unpaired) electrons. The number of hydrogen-bond acceptors (Lipinski definition) is 5. The number of benzene rings is 1. The number of hydrogen-bond donors (Lipinski definition) is 2. The molecule has 2 aromatic rings. The van der Waals surface area contributed by atoms with Gasteiger partial charge in [-0.05, 0) is 68.6 Å². The minimum absolute atomic E-state index is 0.126. The first kappa shape index (κ1) is 22.1. The van der Waals surface area contributed by atoms with Crippen molar-refractivity contribution in [1.82, 2.24) is 10.2 Å². The van der Waals surface area contributed by atoms with Crippen LogP contribution in [0.5, 0.6) is 0 Å². The molecule has 1 amide bonds. The Balaban J connectivity index is 1.43. The van der Waals surface area contributed by atoms with Gasteiger partial charge in [-0.2, -0.15) is 21.6 Å². The summed E-state index contributed by atoms with van der Waals surface area (Å²) < 4.78 is 61.4. The van der Waals surface area contributed by atoms with Gasteiger partial charge in [-0.1, -0.05) is 12.1 Å². The molecule has 4 heterocycles. The summed E-state index contributed by atoms with van der Waals surface area (Å²) in [4.78, 5) is 16.5. The Kier molecular flexibility index (Phi) is 5.78. The van der Waals surface area contributed by atoms with Gasteiger partial charge in [-0.15, -0.1) is 11.3 Å². The van der Waals surface area contributed by atoms with E-state index < -0.39 is 15.5 Å². The van der Waals surface area contributed by atoms with E-state index >= 15 is 0 Å². The summed E-state index contributed by atoms with van der Waals surface area (Å²) in [5, 5.41) is 3.18. The molecule has 0 aliphatic carbocycles. The van der Waals surface area contributed by atoms with E-state index in [2.05, 4.69) is 17.1 Å². The van der Waals surface area contributed by atoms with Crippen LogP contribution in [-0.2, 0) is 10.0 Å². The molecule has 2 atom stereocenters. The Morgan fingerprint density at radius 2 is 1.74 bits per heavy atom. The van der Waals surface area contributed by atoms with Gasteiger partial charge in [0.25, 0.3) is 5.91 Å². The molecule has 2 bridgehead atoms. The molecule has 0 unspecified atom stereocenters. The van der Waals surface area contributed by atoms with Crippen molar-refractivity contribution in [3.05, 3.63) is 41.3 Å². The summed E-state index contributed by atoms with van der Waals surface area (Å²) >= 11 is 1.28. The second kappa shape index (κ2) is 8.10. The summed E-state index contributed by atoms with van der Waals surface area (Å²) in [5.74, 6) is 0.368. The van der Waals surface area contributed by atoms with Crippen molar-refractivity contribution in [1.29, 1.82) is 0 Å². The fourth-order valence-corrected chi connectivity index (χ4v) is 5.78. The Hall–Kier alpha value is -2.11. The number of carbonyl (C=O) groups excluding carboxylic acids is 1. The molecule has 11 heteroatoms. The fraction of sp³-hybridized carbons (Fsp3) is 0.450. The van der Waals surface area contributed by atoms with Crippen molar-refractivity contribution in [2.45, 2.75) is 37.4 Å². The van der Waals surface area contributed by atoms with Crippen molar-refractivity contribution in [2.75, 3.05) is 17.8 Å². The van der Waals surface area contributed by atoms with Crippen LogP contribution in [0.25, 0.3) is 10.4 Å². The van der Waals surface area contributed by atoms with E-state index in [1.807, 2.05) is 0 Å². The van der Waals surface area contributed by atoms with Gasteiger partial charge in [0.05, 0.1) is 4.88 Å². The molecule has 0 saturated carbocycles. The topological polar surface area (TPSA) is 78.5 Å². The molecule has 3 saturated heterocycles. The van der Waals surface area contributed by atoms with Gasteiger partial charge in [0.15, 0.2) is 0 Å². The van der Waals surface area contributed by atoms with Crippen molar-refractivity contribution < 1.29 is 26.4 Å². The van der Waals surface area contributed by atoms with Crippen molar-refractivity contribution >= 4 is 33.0 Å². The summed E-state index contributed by atoms with van der Waals surface area (Å²) in [6, 6.07) is 9.47. The standard InChI is InChI=1S/C20H22F3N3O3S2/c1-12-18(14-8-10-26(12)11-9-14)24-19(27)17-7-6-16(30-17)13-2-4-15(5-3-13)25-31(28,29)20(21,22)23/h2-7,12,14,18,25H,8-11H2,1H3,(H,24,27)/t12-,18+/m1/s1. The normalized spacial score (nSPS) is 25.9. The molecule has 1 aromatic heterocycles. The maximum absolute atomic E-state index is 12.8. The van der Waals surface area contributed by atoms with Crippen molar-refractivity contribution in [3.8, 4) is 10.4 Å². The van der Waals surface area contributed by atoms with Crippen LogP contribution in [0.1, 0.15) is 29.4 Å². The number of carbonyl (C=O) groups is 1. The molecule has 168 valence electrons. The lowest BCUT2D eigenvalue weighted by molar-refractivity contribution is -0.0429. The number of rotatable bonds is 5. The maximum atomic E-state index is 12.8. The Morgan fingerprint density at radius 3 is 2.32 bits per heavy atom. The molecule has 3 aliphatic rings. The fourth-order valence-electron chi connectivity index (χ4n) is 4.30. The van der Waals surface area contributed by atoms with E-state index in [0.717, 1.165) is 30.8 Å². The monoisotopic (exact) mass is 473 g/mol. The van der Waals surface area contributed by atoms with Crippen LogP contribution in [0, 0.1) is 5.92 Å². The number of nitrogens with zero attached hydrogens (tertiary/aromatic N) is 1. The van der Waals surface area contributed by atoms with Crippen LogP contribution >= 0.6 is 11.3 Å². The zero-order valence-electron chi connectivity index (χ0n) is 16.6. The summed E-state index contributed by atoms with van der Waals surface area (Å²) in [6.07, 6.45) is 2.19. The predicted molar refractivity (Wildman–Crippen MR) is 113 cm³/mol. The van der Waals surface area contributed by atoms with E-state index in [0.29, 0.717) is 22.4 Å². The maximum Gasteiger partial charge on any atom is 0.516 e. The second-order valence-corrected chi connectivity index (χ2v) is 10.7. The highest BCUT2D eigenvalue weighted by Gasteiger charge is 2.46. The number of alkyl halides is 3. The number of anilines is 1. The number of thiophene rings is 1. The smallest absolute Gasteiger partial charge is 0.347 e. The molecule has 0 spiro atoms. The first-order chi connectivity index (χ1) is 14.5. The zero-order chi connectivity index (χ0) is 22.4. The van der Waals surface area contributed by atoms with Crippen LogP contribution in [0.3, 0.4) is 0 Å². The molecule has 31 heavy (non-hydrogen) atoms. The van der Waals surface area contributed by atoms with Gasteiger partial charge < -0.3 is 5.32 Å². The van der Waals surface area contributed by atoms with Gasteiger partial charge in [-0.3, -0.25) is 14.4 Å². The number of halogens is 3. The minimum atomic E-state index is -5.46. The number of nitrogens with one attached hydrogen (secondary N) is 2. The highest BCUT2D eigenvalue weighted by Crippen LogP contribution is 2.34. The second-order valence-electron chi connectivity index (χ2n) is 7.91. The molecule has 3 aliphatic heterocycles. The summed E-state index contributed by atoms with van der Waals surface area (Å²) in [5.41, 5.74) is -4.89. The van der Waals surface area contributed by atoms with Gasteiger partial charge in [0.2, 0.25) is 0 Å². The average Bonchev–Trinajstić information content (AvgIpc) is 3.21. The predicted octanol–water partition coefficient (Wildman–Crippen LogP) is 3.89. The molecule has 1 aromatic carbocycles. The summed E-state index contributed by atoms with van der Waals surface area (Å²) in [7, 11) is -5.46. The number of fused-ring (bicyclic) bond motifs is 3. The molecular weight excluding hydrogens is 451 g/mol. The third-order valence-electron chi connectivity index (χ3n) is 6.03. The van der Waals surface area contributed by atoms with Crippen molar-refractivity contribution in [3.63, 3.8) is 0 Å². The number of piperidine rings is 3. The third kappa shape index (κ3) is 4.44. The van der Waals surface area contributed by atoms with Crippen LogP contribution in [0.2, 0.25) is 0 Å². The minimum Gasteiger partial charge on any atom is -0.347 e. The van der Waals surface area contributed by atoms with Gasteiger partial charge in [-0.25, -0.2) is 0 Å². The highest BCUT2D eigenvalue weighted by molar-refractivity contribution is 7.93. The molecule has 6 nitrogen and oxygen atoms in total. The third-order valence-corrected chi connectivity index (χ3v) is 8.28. The zero-order valence-corrected chi connectivity index (χ0v) is 18.3.